The maximum atomic E-state index is 13.6. The molecule has 0 spiro atoms. The van der Waals surface area contributed by atoms with Crippen molar-refractivity contribution in [2.45, 2.75) is 57.8 Å². The minimum absolute atomic E-state index is 0.0104. The summed E-state index contributed by atoms with van der Waals surface area (Å²) in [5.74, 6) is -1.33. The van der Waals surface area contributed by atoms with Crippen LogP contribution in [0.2, 0.25) is 0 Å². The highest BCUT2D eigenvalue weighted by Gasteiger charge is 2.40. The molecule has 3 aromatic rings. The third-order valence-electron chi connectivity index (χ3n) is 5.47. The first-order valence-corrected chi connectivity index (χ1v) is 13.2. The SMILES string of the molecule is CC(C)OC(=O)[C@H](C)NP(=O)(OCC1O[C@@H](n2cnc3c(=O)[nH]c(N)nc32)C[C@H]1O)Oc1ccc(F)cc1. The molecular formula is C22H28FN6O8P. The minimum Gasteiger partial charge on any atom is -0.462 e. The summed E-state index contributed by atoms with van der Waals surface area (Å²) in [6, 6.07) is 3.59. The molecule has 3 heterocycles. The van der Waals surface area contributed by atoms with Crippen molar-refractivity contribution in [1.29, 1.82) is 0 Å². The number of aliphatic hydroxyl groups excluding tert-OH is 1. The highest BCUT2D eigenvalue weighted by Crippen LogP contribution is 2.46. The summed E-state index contributed by atoms with van der Waals surface area (Å²) in [6.07, 6.45) is -1.85. The summed E-state index contributed by atoms with van der Waals surface area (Å²) < 4.78 is 50.5. The molecule has 2 unspecified atom stereocenters. The van der Waals surface area contributed by atoms with Crippen LogP contribution in [0.1, 0.15) is 33.4 Å². The Balaban J connectivity index is 1.49. The normalized spacial score (nSPS) is 21.9. The van der Waals surface area contributed by atoms with Crippen LogP contribution in [0.5, 0.6) is 5.75 Å². The summed E-state index contributed by atoms with van der Waals surface area (Å²) in [5, 5.41) is 13.1. The third-order valence-corrected chi connectivity index (χ3v) is 7.11. The summed E-state index contributed by atoms with van der Waals surface area (Å²) in [6.45, 7) is 4.32. The van der Waals surface area contributed by atoms with Gasteiger partial charge in [-0.3, -0.25) is 23.7 Å². The van der Waals surface area contributed by atoms with Crippen LogP contribution in [0.15, 0.2) is 35.4 Å². The molecule has 4 rings (SSSR count). The van der Waals surface area contributed by atoms with E-state index in [1.54, 1.807) is 13.8 Å². The van der Waals surface area contributed by atoms with Crippen LogP contribution < -0.4 is 20.9 Å². The summed E-state index contributed by atoms with van der Waals surface area (Å²) in [7, 11) is -4.28. The van der Waals surface area contributed by atoms with Gasteiger partial charge in [0.15, 0.2) is 11.2 Å². The molecule has 0 amide bonds. The smallest absolute Gasteiger partial charge is 0.459 e. The number of aromatic amines is 1. The zero-order chi connectivity index (χ0) is 27.6. The maximum Gasteiger partial charge on any atom is 0.459 e. The van der Waals surface area contributed by atoms with Gasteiger partial charge in [-0.25, -0.2) is 13.9 Å². The number of ether oxygens (including phenoxy) is 2. The molecule has 1 aliphatic rings. The minimum atomic E-state index is -4.28. The average Bonchev–Trinajstić information content (AvgIpc) is 3.42. The van der Waals surface area contributed by atoms with Gasteiger partial charge in [0.05, 0.1) is 25.1 Å². The van der Waals surface area contributed by atoms with Crippen molar-refractivity contribution in [3.8, 4) is 5.75 Å². The van der Waals surface area contributed by atoms with Gasteiger partial charge >= 0.3 is 13.7 Å². The molecule has 0 saturated carbocycles. The van der Waals surface area contributed by atoms with Crippen LogP contribution in [0, 0.1) is 5.82 Å². The lowest BCUT2D eigenvalue weighted by molar-refractivity contribution is -0.149. The fourth-order valence-electron chi connectivity index (χ4n) is 3.71. The summed E-state index contributed by atoms with van der Waals surface area (Å²) >= 11 is 0. The van der Waals surface area contributed by atoms with Crippen LogP contribution in [-0.4, -0.2) is 61.6 Å². The number of aromatic nitrogens is 4. The number of imidazole rings is 1. The van der Waals surface area contributed by atoms with Crippen molar-refractivity contribution in [1.82, 2.24) is 24.6 Å². The lowest BCUT2D eigenvalue weighted by Gasteiger charge is -2.25. The van der Waals surface area contributed by atoms with Gasteiger partial charge in [-0.1, -0.05) is 0 Å². The molecule has 0 bridgehead atoms. The Kier molecular flexibility index (Phi) is 8.13. The first-order valence-electron chi connectivity index (χ1n) is 11.7. The van der Waals surface area contributed by atoms with Crippen LogP contribution in [0.4, 0.5) is 10.3 Å². The van der Waals surface area contributed by atoms with E-state index >= 15 is 0 Å². The van der Waals surface area contributed by atoms with Gasteiger partial charge in [0.1, 0.15) is 29.9 Å². The molecule has 1 saturated heterocycles. The van der Waals surface area contributed by atoms with Crippen LogP contribution in [0.3, 0.4) is 0 Å². The monoisotopic (exact) mass is 554 g/mol. The van der Waals surface area contributed by atoms with E-state index < -0.39 is 62.3 Å². The van der Waals surface area contributed by atoms with E-state index in [2.05, 4.69) is 20.0 Å². The van der Waals surface area contributed by atoms with Crippen LogP contribution in [-0.2, 0) is 23.4 Å². The maximum absolute atomic E-state index is 13.6. The molecule has 1 fully saturated rings. The molecule has 5 atom stereocenters. The van der Waals surface area contributed by atoms with Gasteiger partial charge in [0, 0.05) is 6.42 Å². The van der Waals surface area contributed by atoms with Crippen molar-refractivity contribution in [2.24, 2.45) is 0 Å². The van der Waals surface area contributed by atoms with Crippen molar-refractivity contribution < 1.29 is 37.4 Å². The second-order valence-corrected chi connectivity index (χ2v) is 10.6. The number of aliphatic hydroxyl groups is 1. The largest absolute Gasteiger partial charge is 0.462 e. The Bertz CT molecular complexity index is 1400. The van der Waals surface area contributed by atoms with Crippen LogP contribution >= 0.6 is 7.75 Å². The number of benzene rings is 1. The molecule has 1 aliphatic heterocycles. The molecule has 14 nitrogen and oxygen atoms in total. The highest BCUT2D eigenvalue weighted by atomic mass is 31.2. The number of fused-ring (bicyclic) bond motifs is 1. The number of hydrogen-bond acceptors (Lipinski definition) is 11. The van der Waals surface area contributed by atoms with Crippen molar-refractivity contribution >= 4 is 30.8 Å². The van der Waals surface area contributed by atoms with Gasteiger partial charge in [0.2, 0.25) is 5.95 Å². The molecule has 38 heavy (non-hydrogen) atoms. The fourth-order valence-corrected chi connectivity index (χ4v) is 5.21. The number of anilines is 1. The topological polar surface area (TPSA) is 193 Å². The molecule has 0 aliphatic carbocycles. The number of nitrogens with two attached hydrogens (primary N) is 1. The van der Waals surface area contributed by atoms with E-state index in [1.807, 2.05) is 0 Å². The highest BCUT2D eigenvalue weighted by molar-refractivity contribution is 7.52. The molecule has 2 aromatic heterocycles. The summed E-state index contributed by atoms with van der Waals surface area (Å²) in [5.41, 5.74) is 5.31. The molecule has 206 valence electrons. The van der Waals surface area contributed by atoms with E-state index in [4.69, 9.17) is 24.3 Å². The van der Waals surface area contributed by atoms with Gasteiger partial charge in [-0.2, -0.15) is 10.1 Å². The van der Waals surface area contributed by atoms with E-state index in [-0.39, 0.29) is 29.3 Å². The average molecular weight is 554 g/mol. The summed E-state index contributed by atoms with van der Waals surface area (Å²) in [4.78, 5) is 34.8. The van der Waals surface area contributed by atoms with Crippen molar-refractivity contribution in [3.05, 3.63) is 46.8 Å². The third kappa shape index (κ3) is 6.37. The number of rotatable bonds is 10. The van der Waals surface area contributed by atoms with Crippen molar-refractivity contribution in [3.63, 3.8) is 0 Å². The number of nitrogens with zero attached hydrogens (tertiary/aromatic N) is 3. The fraction of sp³-hybridized carbons (Fsp3) is 0.455. The first kappa shape index (κ1) is 27.7. The number of nitrogens with one attached hydrogen (secondary N) is 2. The lowest BCUT2D eigenvalue weighted by Crippen LogP contribution is -2.37. The van der Waals surface area contributed by atoms with Crippen LogP contribution in [0.25, 0.3) is 11.2 Å². The van der Waals surface area contributed by atoms with Crippen molar-refractivity contribution in [2.75, 3.05) is 12.3 Å². The van der Waals surface area contributed by atoms with Gasteiger partial charge < -0.3 is 24.8 Å². The number of hydrogen-bond donors (Lipinski definition) is 4. The molecule has 1 aromatic carbocycles. The van der Waals surface area contributed by atoms with Gasteiger partial charge in [-0.05, 0) is 45.0 Å². The second-order valence-electron chi connectivity index (χ2n) is 8.88. The molecule has 16 heteroatoms. The molecule has 5 N–H and O–H groups in total. The Morgan fingerprint density at radius 1 is 1.37 bits per heavy atom. The second kappa shape index (κ2) is 11.2. The van der Waals surface area contributed by atoms with E-state index in [0.29, 0.717) is 0 Å². The Hall–Kier alpha value is -3.36. The predicted molar refractivity (Wildman–Crippen MR) is 132 cm³/mol. The van der Waals surface area contributed by atoms with E-state index in [0.717, 1.165) is 12.1 Å². The number of H-pyrrole nitrogens is 1. The van der Waals surface area contributed by atoms with E-state index in [1.165, 1.54) is 30.0 Å². The Labute approximate surface area is 215 Å². The van der Waals surface area contributed by atoms with Gasteiger partial charge in [0.25, 0.3) is 5.56 Å². The Morgan fingerprint density at radius 2 is 2.08 bits per heavy atom. The standard InChI is InChI=1S/C22H28FN6O8P/c1-11(2)35-21(32)12(3)28-38(33,37-14-6-4-13(23)5-7-14)34-9-16-15(30)8-17(36-16)29-10-25-18-19(29)26-22(24)27-20(18)31/h4-7,10-12,15-17,30H,8-9H2,1-3H3,(H,28,33)(H3,24,26,27,31)/t12-,15+,16?,17+,38?/m0/s1. The first-order chi connectivity index (χ1) is 17.9. The number of esters is 1. The number of nitrogen functional groups attached to an aromatic ring is 1. The number of carbonyl (C=O) groups excluding carboxylic acids is 1. The zero-order valence-electron chi connectivity index (χ0n) is 20.7. The number of halogens is 1. The Morgan fingerprint density at radius 3 is 2.76 bits per heavy atom. The predicted octanol–water partition coefficient (Wildman–Crippen LogP) is 1.62. The van der Waals surface area contributed by atoms with E-state index in [9.17, 15) is 23.7 Å². The molecule has 0 radical (unpaired) electrons. The lowest BCUT2D eigenvalue weighted by atomic mass is 10.2. The van der Waals surface area contributed by atoms with Gasteiger partial charge in [-0.15, -0.1) is 0 Å². The zero-order valence-corrected chi connectivity index (χ0v) is 21.6. The number of carbonyl (C=O) groups is 1. The molecular weight excluding hydrogens is 526 g/mol. The quantitative estimate of drug-likeness (QED) is 0.209.